The Kier molecular flexibility index (Phi) is 16.5. The zero-order valence-corrected chi connectivity index (χ0v) is 33.6. The lowest BCUT2D eigenvalue weighted by Crippen LogP contribution is -2.64. The molecule has 6 aliphatic rings. The lowest BCUT2D eigenvalue weighted by Gasteiger charge is -2.49. The normalized spacial score (nSPS) is 49.7. The third-order valence-corrected chi connectivity index (χ3v) is 13.3. The molecule has 340 valence electrons. The van der Waals surface area contributed by atoms with Gasteiger partial charge < -0.3 is 93.7 Å². The van der Waals surface area contributed by atoms with Gasteiger partial charge >= 0.3 is 5.97 Å². The van der Waals surface area contributed by atoms with Gasteiger partial charge in [-0.2, -0.15) is 0 Å². The minimum atomic E-state index is -1.83. The number of aliphatic hydroxyl groups is 12. The van der Waals surface area contributed by atoms with Crippen LogP contribution in [-0.4, -0.2) is 219 Å². The van der Waals surface area contributed by atoms with Crippen LogP contribution < -0.4 is 0 Å². The van der Waals surface area contributed by atoms with E-state index in [0.29, 0.717) is 38.5 Å². The molecule has 0 aromatic carbocycles. The van der Waals surface area contributed by atoms with Crippen LogP contribution in [0.1, 0.15) is 51.4 Å². The summed E-state index contributed by atoms with van der Waals surface area (Å²) in [5.41, 5.74) is 0. The lowest BCUT2D eigenvalue weighted by atomic mass is 9.72. The van der Waals surface area contributed by atoms with Crippen molar-refractivity contribution in [3.05, 3.63) is 12.2 Å². The Bertz CT molecular complexity index is 1340. The molecule has 0 aromatic rings. The largest absolute Gasteiger partial charge is 0.453 e. The molecular formula is C39H65O20+. The summed E-state index contributed by atoms with van der Waals surface area (Å²) >= 11 is 0. The van der Waals surface area contributed by atoms with Crippen LogP contribution in [0, 0.1) is 17.8 Å². The van der Waals surface area contributed by atoms with E-state index in [9.17, 15) is 55.9 Å². The topological polar surface area (TPSA) is 306 Å². The second-order valence-corrected chi connectivity index (χ2v) is 17.0. The first-order chi connectivity index (χ1) is 28.2. The van der Waals surface area contributed by atoms with E-state index in [1.54, 1.807) is 6.08 Å². The van der Waals surface area contributed by atoms with E-state index in [1.165, 1.54) is 21.3 Å². The molecule has 3 aliphatic carbocycles. The number of aliphatic hydroxyl groups excluding tert-OH is 10. The molecule has 6 fully saturated rings. The maximum Gasteiger partial charge on any atom is 0.330 e. The van der Waals surface area contributed by atoms with E-state index in [-0.39, 0.29) is 30.8 Å². The van der Waals surface area contributed by atoms with Crippen LogP contribution in [0.25, 0.3) is 0 Å². The number of allylic oxidation sites excluding steroid dienone is 1. The maximum atomic E-state index is 13.3. The summed E-state index contributed by atoms with van der Waals surface area (Å²) in [5.74, 6) is -1.73. The summed E-state index contributed by atoms with van der Waals surface area (Å²) in [6.45, 7) is -1.31. The summed E-state index contributed by atoms with van der Waals surface area (Å²) in [6, 6.07) is 0. The maximum absolute atomic E-state index is 13.3. The molecule has 6 rings (SSSR count). The molecule has 3 aliphatic heterocycles. The Hall–Kier alpha value is -1.51. The van der Waals surface area contributed by atoms with E-state index in [1.807, 2.05) is 0 Å². The lowest BCUT2D eigenvalue weighted by molar-refractivity contribution is -0.363. The Labute approximate surface area is 342 Å². The first-order valence-corrected chi connectivity index (χ1v) is 20.7. The molecule has 0 aromatic heterocycles. The monoisotopic (exact) mass is 853 g/mol. The molecule has 3 heterocycles. The highest BCUT2D eigenvalue weighted by Crippen LogP contribution is 2.43. The SMILES string of the molecule is COC1CC(C2[OH+]C3CC(O)CC(O)C3CC2OC2OC(COC3OC(CO)C(O)C(O)C3O)C(OC(=O)C=CC3CC(OC)C(O)C(OC)C3)C(O)C2O)CCC1O. The summed E-state index contributed by atoms with van der Waals surface area (Å²) in [6.07, 6.45) is -17.2. The highest BCUT2D eigenvalue weighted by Gasteiger charge is 2.56. The minimum absolute atomic E-state index is 0.151. The van der Waals surface area contributed by atoms with Crippen LogP contribution >= 0.6 is 0 Å². The second kappa shape index (κ2) is 20.8. The zero-order chi connectivity index (χ0) is 42.7. The Morgan fingerprint density at radius 1 is 0.678 bits per heavy atom. The standard InChI is InChI=1S/C39H64O20/c1-51-23-10-17(5-6-20(23)42)36-26(13-19-21(43)11-18(41)12-22(19)55-36)56-39-35(50)33(48)37(28(58-39)15-54-38-34(49)32(47)31(46)27(14-40)57-38)59-29(44)7-4-16-8-24(52-2)30(45)25(9-16)53-3/h4,7,16-28,30-43,45-50H,5-6,8-15H2,1-3H3/p+1. The van der Waals surface area contributed by atoms with Gasteiger partial charge in [0, 0.05) is 46.2 Å². The summed E-state index contributed by atoms with van der Waals surface area (Å²) in [7, 11) is 4.44. The molecule has 0 radical (unpaired) electrons. The molecule has 59 heavy (non-hydrogen) atoms. The number of carbonyl (C=O) groups is 1. The number of methoxy groups -OCH3 is 3. The van der Waals surface area contributed by atoms with Gasteiger partial charge in [-0.1, -0.05) is 6.08 Å². The number of hydrogen-bond donors (Lipinski definition) is 10. The Morgan fingerprint density at radius 2 is 1.34 bits per heavy atom. The molecule has 21 atom stereocenters. The molecule has 0 bridgehead atoms. The van der Waals surface area contributed by atoms with Gasteiger partial charge in [0.05, 0.1) is 55.8 Å². The summed E-state index contributed by atoms with van der Waals surface area (Å²) in [4.78, 5) is 13.3. The van der Waals surface area contributed by atoms with Crippen molar-refractivity contribution in [3.63, 3.8) is 0 Å². The molecule has 0 amide bonds. The van der Waals surface area contributed by atoms with E-state index in [2.05, 4.69) is 0 Å². The van der Waals surface area contributed by atoms with E-state index >= 15 is 0 Å². The van der Waals surface area contributed by atoms with Crippen LogP contribution in [0.4, 0.5) is 0 Å². The predicted octanol–water partition coefficient (Wildman–Crippen LogP) is -4.12. The van der Waals surface area contributed by atoms with Gasteiger partial charge in [0.15, 0.2) is 30.9 Å². The molecule has 20 nitrogen and oxygen atoms in total. The quantitative estimate of drug-likeness (QED) is 0.0478. The summed E-state index contributed by atoms with van der Waals surface area (Å²) < 4.78 is 51.1. The molecule has 11 N–H and O–H groups in total. The second-order valence-electron chi connectivity index (χ2n) is 17.0. The van der Waals surface area contributed by atoms with Crippen molar-refractivity contribution < 1.29 is 98.5 Å². The molecule has 20 heteroatoms. The van der Waals surface area contributed by atoms with Gasteiger partial charge in [0.2, 0.25) is 0 Å². The molecule has 3 saturated heterocycles. The van der Waals surface area contributed by atoms with Crippen LogP contribution in [0.5, 0.6) is 0 Å². The fourth-order valence-electron chi connectivity index (χ4n) is 9.83. The molecule has 3 saturated carbocycles. The Morgan fingerprint density at radius 3 is 2.00 bits per heavy atom. The number of rotatable bonds is 13. The third-order valence-electron chi connectivity index (χ3n) is 13.3. The fraction of sp³-hybridized carbons (Fsp3) is 0.923. The summed E-state index contributed by atoms with van der Waals surface area (Å²) in [5, 5.41) is 107. The van der Waals surface area contributed by atoms with Crippen molar-refractivity contribution in [2.75, 3.05) is 34.5 Å². The number of hydrogen-bond acceptors (Lipinski definition) is 19. The van der Waals surface area contributed by atoms with Gasteiger partial charge in [-0.05, 0) is 44.4 Å². The minimum Gasteiger partial charge on any atom is -0.453 e. The average molecular weight is 854 g/mol. The van der Waals surface area contributed by atoms with E-state index in [4.69, 9.17) is 42.6 Å². The van der Waals surface area contributed by atoms with Gasteiger partial charge in [-0.3, -0.25) is 0 Å². The Balaban J connectivity index is 1.21. The van der Waals surface area contributed by atoms with Gasteiger partial charge in [0.25, 0.3) is 0 Å². The van der Waals surface area contributed by atoms with Gasteiger partial charge in [0.1, 0.15) is 54.9 Å². The third kappa shape index (κ3) is 10.7. The van der Waals surface area contributed by atoms with Crippen molar-refractivity contribution in [2.45, 2.75) is 174 Å². The molecule has 0 spiro atoms. The van der Waals surface area contributed by atoms with Gasteiger partial charge in [-0.15, -0.1) is 0 Å². The van der Waals surface area contributed by atoms with Crippen LogP contribution in [0.2, 0.25) is 0 Å². The van der Waals surface area contributed by atoms with Crippen LogP contribution in [0.15, 0.2) is 12.2 Å². The number of esters is 1. The number of carbonyl (C=O) groups excluding carboxylic acids is 1. The van der Waals surface area contributed by atoms with E-state index in [0.717, 1.165) is 6.08 Å². The fourth-order valence-corrected chi connectivity index (χ4v) is 9.83. The van der Waals surface area contributed by atoms with Crippen LogP contribution in [-0.2, 0) is 42.7 Å². The number of ether oxygens (including phenoxy) is 9. The predicted molar refractivity (Wildman–Crippen MR) is 198 cm³/mol. The molecule has 21 unspecified atom stereocenters. The highest BCUT2D eigenvalue weighted by molar-refractivity contribution is 5.82. The molecular weight excluding hydrogens is 788 g/mol. The smallest absolute Gasteiger partial charge is 0.330 e. The van der Waals surface area contributed by atoms with Gasteiger partial charge in [-0.25, -0.2) is 4.79 Å². The van der Waals surface area contributed by atoms with Crippen molar-refractivity contribution in [2.24, 2.45) is 17.8 Å². The first kappa shape index (κ1) is 47.0. The average Bonchev–Trinajstić information content (AvgIpc) is 3.22. The van der Waals surface area contributed by atoms with Crippen molar-refractivity contribution in [3.8, 4) is 0 Å². The van der Waals surface area contributed by atoms with E-state index < -0.39 is 141 Å². The van der Waals surface area contributed by atoms with Crippen molar-refractivity contribution >= 4 is 5.97 Å². The first-order valence-electron chi connectivity index (χ1n) is 20.7. The van der Waals surface area contributed by atoms with Crippen LogP contribution in [0.3, 0.4) is 0 Å². The number of fused-ring (bicyclic) bond motifs is 1. The van der Waals surface area contributed by atoms with Crippen molar-refractivity contribution in [1.29, 1.82) is 0 Å². The zero-order valence-electron chi connectivity index (χ0n) is 33.6. The van der Waals surface area contributed by atoms with Crippen molar-refractivity contribution in [1.82, 2.24) is 0 Å². The highest BCUT2D eigenvalue weighted by atomic mass is 16.7.